The number of ether oxygens (including phenoxy) is 1. The highest BCUT2D eigenvalue weighted by atomic mass is 19.1. The Kier molecular flexibility index (Phi) is 5.51. The molecule has 2 bridgehead atoms. The van der Waals surface area contributed by atoms with Crippen LogP contribution in [-0.4, -0.2) is 41.4 Å². The first-order valence-electron chi connectivity index (χ1n) is 10.2. The molecular formula is C23H25FN2O3. The topological polar surface area (TPSA) is 58.6 Å². The second kappa shape index (κ2) is 8.23. The van der Waals surface area contributed by atoms with Crippen molar-refractivity contribution >= 4 is 11.8 Å². The SMILES string of the molecule is CCOc1ccc(C(=O)N2C3CCC2CC(NC(=O)c2ccc(F)cc2)C3)cc1. The van der Waals surface area contributed by atoms with Gasteiger partial charge in [-0.1, -0.05) is 0 Å². The maximum absolute atomic E-state index is 13.1. The van der Waals surface area contributed by atoms with E-state index in [-0.39, 0.29) is 35.8 Å². The van der Waals surface area contributed by atoms with E-state index < -0.39 is 0 Å². The van der Waals surface area contributed by atoms with Crippen LogP contribution in [-0.2, 0) is 0 Å². The average molecular weight is 396 g/mol. The van der Waals surface area contributed by atoms with Crippen LogP contribution in [0.3, 0.4) is 0 Å². The quantitative estimate of drug-likeness (QED) is 0.837. The second-order valence-corrected chi connectivity index (χ2v) is 7.70. The van der Waals surface area contributed by atoms with Crippen molar-refractivity contribution in [3.05, 3.63) is 65.5 Å². The predicted octanol–water partition coefficient (Wildman–Crippen LogP) is 3.79. The molecule has 2 atom stereocenters. The molecule has 0 aliphatic carbocycles. The van der Waals surface area contributed by atoms with E-state index in [0.29, 0.717) is 17.7 Å². The molecule has 2 aromatic carbocycles. The molecule has 2 fully saturated rings. The van der Waals surface area contributed by atoms with Gasteiger partial charge in [0.2, 0.25) is 0 Å². The molecule has 0 saturated carbocycles. The second-order valence-electron chi connectivity index (χ2n) is 7.70. The minimum atomic E-state index is -0.360. The summed E-state index contributed by atoms with van der Waals surface area (Å²) in [5.41, 5.74) is 1.12. The van der Waals surface area contributed by atoms with E-state index >= 15 is 0 Å². The molecule has 2 heterocycles. The number of piperidine rings is 1. The first kappa shape index (κ1) is 19.4. The fraction of sp³-hybridized carbons (Fsp3) is 0.391. The third kappa shape index (κ3) is 4.11. The Morgan fingerprint density at radius 1 is 1.00 bits per heavy atom. The third-order valence-electron chi connectivity index (χ3n) is 5.82. The molecule has 2 amide bonds. The molecule has 152 valence electrons. The van der Waals surface area contributed by atoms with Crippen molar-refractivity contribution in [3.63, 3.8) is 0 Å². The lowest BCUT2D eigenvalue weighted by Crippen LogP contribution is -2.52. The van der Waals surface area contributed by atoms with Crippen molar-refractivity contribution in [1.29, 1.82) is 0 Å². The molecule has 29 heavy (non-hydrogen) atoms. The van der Waals surface area contributed by atoms with E-state index in [1.807, 2.05) is 36.1 Å². The van der Waals surface area contributed by atoms with E-state index in [1.54, 1.807) is 0 Å². The largest absolute Gasteiger partial charge is 0.494 e. The summed E-state index contributed by atoms with van der Waals surface area (Å²) in [5, 5.41) is 3.06. The van der Waals surface area contributed by atoms with E-state index in [9.17, 15) is 14.0 Å². The Hall–Kier alpha value is -2.89. The van der Waals surface area contributed by atoms with Crippen molar-refractivity contribution in [2.75, 3.05) is 6.61 Å². The van der Waals surface area contributed by atoms with Gasteiger partial charge in [0.25, 0.3) is 11.8 Å². The maximum Gasteiger partial charge on any atom is 0.254 e. The third-order valence-corrected chi connectivity index (χ3v) is 5.82. The summed E-state index contributed by atoms with van der Waals surface area (Å²) in [5.74, 6) is 0.250. The number of nitrogens with one attached hydrogen (secondary N) is 1. The molecule has 2 saturated heterocycles. The van der Waals surface area contributed by atoms with Gasteiger partial charge >= 0.3 is 0 Å². The van der Waals surface area contributed by atoms with Crippen molar-refractivity contribution in [2.24, 2.45) is 0 Å². The highest BCUT2D eigenvalue weighted by molar-refractivity contribution is 5.95. The number of fused-ring (bicyclic) bond motifs is 2. The van der Waals surface area contributed by atoms with Crippen LogP contribution in [0.2, 0.25) is 0 Å². The van der Waals surface area contributed by atoms with Crippen LogP contribution in [0.25, 0.3) is 0 Å². The number of hydrogen-bond acceptors (Lipinski definition) is 3. The molecule has 2 unspecified atom stereocenters. The number of benzene rings is 2. The van der Waals surface area contributed by atoms with Gasteiger partial charge in [0.1, 0.15) is 11.6 Å². The predicted molar refractivity (Wildman–Crippen MR) is 107 cm³/mol. The maximum atomic E-state index is 13.1. The molecule has 1 N–H and O–H groups in total. The molecule has 5 nitrogen and oxygen atoms in total. The van der Waals surface area contributed by atoms with Gasteiger partial charge in [-0.3, -0.25) is 9.59 Å². The number of carbonyl (C=O) groups is 2. The minimum Gasteiger partial charge on any atom is -0.494 e. The van der Waals surface area contributed by atoms with Crippen molar-refractivity contribution in [2.45, 2.75) is 50.7 Å². The smallest absolute Gasteiger partial charge is 0.254 e. The van der Waals surface area contributed by atoms with E-state index in [2.05, 4.69) is 5.32 Å². The minimum absolute atomic E-state index is 0.0226. The highest BCUT2D eigenvalue weighted by Crippen LogP contribution is 2.37. The molecule has 2 aliphatic heterocycles. The van der Waals surface area contributed by atoms with Gasteiger partial charge in [-0.05, 0) is 81.1 Å². The van der Waals surface area contributed by atoms with Crippen LogP contribution >= 0.6 is 0 Å². The number of halogens is 1. The molecule has 4 rings (SSSR count). The molecule has 0 spiro atoms. The Balaban J connectivity index is 1.40. The zero-order chi connectivity index (χ0) is 20.4. The van der Waals surface area contributed by atoms with Crippen LogP contribution in [0.5, 0.6) is 5.75 Å². The van der Waals surface area contributed by atoms with E-state index in [1.165, 1.54) is 24.3 Å². The molecule has 6 heteroatoms. The van der Waals surface area contributed by atoms with Crippen molar-refractivity contribution in [3.8, 4) is 5.75 Å². The molecule has 0 aromatic heterocycles. The van der Waals surface area contributed by atoms with Gasteiger partial charge in [-0.25, -0.2) is 4.39 Å². The fourth-order valence-corrected chi connectivity index (χ4v) is 4.51. The fourth-order valence-electron chi connectivity index (χ4n) is 4.51. The highest BCUT2D eigenvalue weighted by Gasteiger charge is 2.43. The summed E-state index contributed by atoms with van der Waals surface area (Å²) in [4.78, 5) is 27.5. The average Bonchev–Trinajstić information content (AvgIpc) is 2.99. The normalized spacial score (nSPS) is 23.0. The Labute approximate surface area is 169 Å². The van der Waals surface area contributed by atoms with Crippen molar-refractivity contribution < 1.29 is 18.7 Å². The number of nitrogens with zero attached hydrogens (tertiary/aromatic N) is 1. The number of amides is 2. The summed E-state index contributed by atoms with van der Waals surface area (Å²) in [6.45, 7) is 2.52. The molecule has 0 radical (unpaired) electrons. The van der Waals surface area contributed by atoms with Gasteiger partial charge < -0.3 is 15.0 Å². The number of rotatable bonds is 5. The Morgan fingerprint density at radius 3 is 2.17 bits per heavy atom. The first-order chi connectivity index (χ1) is 14.0. The number of hydrogen-bond donors (Lipinski definition) is 1. The lowest BCUT2D eigenvalue weighted by molar-refractivity contribution is 0.0549. The standard InChI is InChI=1S/C23H25FN2O3/c1-2-29-21-11-5-16(6-12-21)23(28)26-19-9-10-20(26)14-18(13-19)25-22(27)15-3-7-17(24)8-4-15/h3-8,11-12,18-20H,2,9-10,13-14H2,1H3,(H,25,27). The van der Waals surface area contributed by atoms with Gasteiger partial charge in [-0.2, -0.15) is 0 Å². The van der Waals surface area contributed by atoms with Crippen LogP contribution in [0, 0.1) is 5.82 Å². The monoisotopic (exact) mass is 396 g/mol. The summed E-state index contributed by atoms with van der Waals surface area (Å²) in [6, 6.07) is 13.1. The van der Waals surface area contributed by atoms with E-state index in [0.717, 1.165) is 31.4 Å². The summed E-state index contributed by atoms with van der Waals surface area (Å²) in [7, 11) is 0. The van der Waals surface area contributed by atoms with Crippen LogP contribution in [0.4, 0.5) is 4.39 Å². The van der Waals surface area contributed by atoms with Gasteiger partial charge in [-0.15, -0.1) is 0 Å². The van der Waals surface area contributed by atoms with Gasteiger partial charge in [0.15, 0.2) is 0 Å². The lowest BCUT2D eigenvalue weighted by atomic mass is 9.96. The van der Waals surface area contributed by atoms with Crippen LogP contribution in [0.1, 0.15) is 53.3 Å². The summed E-state index contributed by atoms with van der Waals surface area (Å²) in [6.07, 6.45) is 3.39. The van der Waals surface area contributed by atoms with Crippen LogP contribution < -0.4 is 10.1 Å². The van der Waals surface area contributed by atoms with Gasteiger partial charge in [0, 0.05) is 29.3 Å². The number of carbonyl (C=O) groups excluding carboxylic acids is 2. The lowest BCUT2D eigenvalue weighted by Gasteiger charge is -2.39. The van der Waals surface area contributed by atoms with E-state index in [4.69, 9.17) is 4.74 Å². The zero-order valence-electron chi connectivity index (χ0n) is 16.4. The summed E-state index contributed by atoms with van der Waals surface area (Å²) >= 11 is 0. The first-order valence-corrected chi connectivity index (χ1v) is 10.2. The zero-order valence-corrected chi connectivity index (χ0v) is 16.4. The summed E-state index contributed by atoms with van der Waals surface area (Å²) < 4.78 is 18.5. The molecular weight excluding hydrogens is 371 g/mol. The molecule has 2 aliphatic rings. The van der Waals surface area contributed by atoms with Crippen molar-refractivity contribution in [1.82, 2.24) is 10.2 Å². The Morgan fingerprint density at radius 2 is 1.59 bits per heavy atom. The Bertz CT molecular complexity index is 868. The van der Waals surface area contributed by atoms with Crippen LogP contribution in [0.15, 0.2) is 48.5 Å². The van der Waals surface area contributed by atoms with Gasteiger partial charge in [0.05, 0.1) is 6.61 Å². The molecule has 2 aromatic rings.